The number of carbonyl (C=O) groups excluding carboxylic acids is 1. The van der Waals surface area contributed by atoms with E-state index in [-0.39, 0.29) is 17.4 Å². The fourth-order valence-electron chi connectivity index (χ4n) is 1.83. The lowest BCUT2D eigenvalue weighted by atomic mass is 10.1. The summed E-state index contributed by atoms with van der Waals surface area (Å²) >= 11 is 5.98. The second-order valence-electron chi connectivity index (χ2n) is 4.45. The average Bonchev–Trinajstić information content (AvgIpc) is 2.49. The van der Waals surface area contributed by atoms with Gasteiger partial charge in [-0.25, -0.2) is 0 Å². The molecule has 0 aromatic heterocycles. The summed E-state index contributed by atoms with van der Waals surface area (Å²) in [4.78, 5) is 11.7. The number of aromatic hydroxyl groups is 2. The van der Waals surface area contributed by atoms with E-state index in [0.717, 1.165) is 11.3 Å². The van der Waals surface area contributed by atoms with Gasteiger partial charge in [0.05, 0.1) is 10.6 Å². The van der Waals surface area contributed by atoms with Crippen molar-refractivity contribution in [2.45, 2.75) is 6.54 Å². The molecule has 2 aromatic rings. The quantitative estimate of drug-likeness (QED) is 0.655. The number of hydrogen-bond donors (Lipinski definition) is 4. The Bertz CT molecular complexity index is 674. The molecule has 0 saturated heterocycles. The van der Waals surface area contributed by atoms with Gasteiger partial charge < -0.3 is 20.8 Å². The third-order valence-electron chi connectivity index (χ3n) is 2.97. The molecule has 0 aliphatic carbocycles. The van der Waals surface area contributed by atoms with Gasteiger partial charge in [-0.05, 0) is 35.9 Å². The molecule has 2 rings (SSSR count). The normalized spacial score (nSPS) is 10.2. The minimum Gasteiger partial charge on any atom is -0.504 e. The van der Waals surface area contributed by atoms with Crippen molar-refractivity contribution in [1.82, 2.24) is 5.32 Å². The van der Waals surface area contributed by atoms with Crippen LogP contribution in [0.3, 0.4) is 0 Å². The topological polar surface area (TPSA) is 81.6 Å². The van der Waals surface area contributed by atoms with Crippen LogP contribution in [0.15, 0.2) is 36.4 Å². The maximum atomic E-state index is 11.7. The zero-order chi connectivity index (χ0) is 15.4. The Morgan fingerprint density at radius 1 is 1.14 bits per heavy atom. The van der Waals surface area contributed by atoms with E-state index in [1.807, 2.05) is 0 Å². The maximum absolute atomic E-state index is 11.7. The minimum atomic E-state index is -0.258. The predicted molar refractivity (Wildman–Crippen MR) is 81.9 cm³/mol. The molecule has 0 heterocycles. The van der Waals surface area contributed by atoms with Gasteiger partial charge in [-0.2, -0.15) is 0 Å². The highest BCUT2D eigenvalue weighted by Gasteiger charge is 2.09. The zero-order valence-corrected chi connectivity index (χ0v) is 12.1. The molecule has 0 radical (unpaired) electrons. The van der Waals surface area contributed by atoms with Crippen LogP contribution in [-0.2, 0) is 6.54 Å². The first-order valence-corrected chi connectivity index (χ1v) is 6.65. The van der Waals surface area contributed by atoms with E-state index in [1.54, 1.807) is 24.3 Å². The standard InChI is InChI=1S/C15H15ClN2O3/c1-17-15(21)11-7-10(3-4-12(11)16)18-8-9-2-5-13(19)14(20)6-9/h2-7,18-20H,8H2,1H3,(H,17,21). The smallest absolute Gasteiger partial charge is 0.252 e. The number of halogens is 1. The number of nitrogens with one attached hydrogen (secondary N) is 2. The summed E-state index contributed by atoms with van der Waals surface area (Å²) in [5.74, 6) is -0.588. The van der Waals surface area contributed by atoms with Crippen LogP contribution in [-0.4, -0.2) is 23.2 Å². The molecule has 0 spiro atoms. The molecular weight excluding hydrogens is 292 g/mol. The van der Waals surface area contributed by atoms with Crippen LogP contribution in [0.5, 0.6) is 11.5 Å². The predicted octanol–water partition coefficient (Wildman–Crippen LogP) is 2.72. The molecule has 0 aliphatic heterocycles. The van der Waals surface area contributed by atoms with Crippen molar-refractivity contribution in [1.29, 1.82) is 0 Å². The van der Waals surface area contributed by atoms with Crippen LogP contribution in [0, 0.1) is 0 Å². The van der Waals surface area contributed by atoms with E-state index in [2.05, 4.69) is 10.6 Å². The second-order valence-corrected chi connectivity index (χ2v) is 4.86. The van der Waals surface area contributed by atoms with Gasteiger partial charge in [-0.1, -0.05) is 17.7 Å². The van der Waals surface area contributed by atoms with Gasteiger partial charge in [0, 0.05) is 19.3 Å². The summed E-state index contributed by atoms with van der Waals surface area (Å²) in [5.41, 5.74) is 1.91. The van der Waals surface area contributed by atoms with Gasteiger partial charge in [-0.15, -0.1) is 0 Å². The number of phenols is 2. The first-order chi connectivity index (χ1) is 10.0. The van der Waals surface area contributed by atoms with E-state index >= 15 is 0 Å². The molecule has 0 bridgehead atoms. The molecule has 1 amide bonds. The lowest BCUT2D eigenvalue weighted by Crippen LogP contribution is -2.18. The van der Waals surface area contributed by atoms with Crippen molar-refractivity contribution in [3.05, 3.63) is 52.5 Å². The van der Waals surface area contributed by atoms with E-state index < -0.39 is 0 Å². The van der Waals surface area contributed by atoms with Crippen LogP contribution in [0.4, 0.5) is 5.69 Å². The number of rotatable bonds is 4. The van der Waals surface area contributed by atoms with E-state index in [9.17, 15) is 15.0 Å². The van der Waals surface area contributed by atoms with Gasteiger partial charge in [0.25, 0.3) is 5.91 Å². The summed E-state index contributed by atoms with van der Waals surface area (Å²) in [6.45, 7) is 0.433. The first kappa shape index (κ1) is 15.0. The van der Waals surface area contributed by atoms with Crippen LogP contribution in [0.1, 0.15) is 15.9 Å². The summed E-state index contributed by atoms with van der Waals surface area (Å²) < 4.78 is 0. The molecule has 0 unspecified atom stereocenters. The first-order valence-electron chi connectivity index (χ1n) is 6.27. The van der Waals surface area contributed by atoms with Gasteiger partial charge in [0.15, 0.2) is 11.5 Å². The van der Waals surface area contributed by atoms with E-state index in [1.165, 1.54) is 19.2 Å². The molecule has 2 aromatic carbocycles. The maximum Gasteiger partial charge on any atom is 0.252 e. The number of benzene rings is 2. The molecule has 110 valence electrons. The number of hydrogen-bond acceptors (Lipinski definition) is 4. The largest absolute Gasteiger partial charge is 0.504 e. The monoisotopic (exact) mass is 306 g/mol. The van der Waals surface area contributed by atoms with Crippen LogP contribution >= 0.6 is 11.6 Å². The highest BCUT2D eigenvalue weighted by molar-refractivity contribution is 6.34. The summed E-state index contributed by atoms with van der Waals surface area (Å²) in [6, 6.07) is 9.64. The Morgan fingerprint density at radius 3 is 2.57 bits per heavy atom. The molecule has 0 fully saturated rings. The Labute approximate surface area is 127 Å². The highest BCUT2D eigenvalue weighted by Crippen LogP contribution is 2.26. The van der Waals surface area contributed by atoms with Gasteiger partial charge in [0.1, 0.15) is 0 Å². The van der Waals surface area contributed by atoms with Crippen LogP contribution in [0.2, 0.25) is 5.02 Å². The summed E-state index contributed by atoms with van der Waals surface area (Å²) in [7, 11) is 1.54. The molecule has 4 N–H and O–H groups in total. The Balaban J connectivity index is 2.13. The van der Waals surface area contributed by atoms with Crippen molar-refractivity contribution >= 4 is 23.2 Å². The lowest BCUT2D eigenvalue weighted by Gasteiger charge is -2.10. The van der Waals surface area contributed by atoms with Gasteiger partial charge in [0.2, 0.25) is 0 Å². The Morgan fingerprint density at radius 2 is 1.90 bits per heavy atom. The molecule has 0 saturated carbocycles. The van der Waals surface area contributed by atoms with Crippen molar-refractivity contribution in [2.75, 3.05) is 12.4 Å². The third-order valence-corrected chi connectivity index (χ3v) is 3.30. The summed E-state index contributed by atoms with van der Waals surface area (Å²) in [5, 5.41) is 24.7. The second kappa shape index (κ2) is 6.37. The van der Waals surface area contributed by atoms with Gasteiger partial charge >= 0.3 is 0 Å². The Hall–Kier alpha value is -2.40. The third kappa shape index (κ3) is 3.58. The van der Waals surface area contributed by atoms with E-state index in [4.69, 9.17) is 11.6 Å². The van der Waals surface area contributed by atoms with Crippen molar-refractivity contribution in [2.24, 2.45) is 0 Å². The fourth-order valence-corrected chi connectivity index (χ4v) is 2.03. The van der Waals surface area contributed by atoms with Crippen molar-refractivity contribution in [3.63, 3.8) is 0 Å². The molecule has 0 aliphatic rings. The molecule has 21 heavy (non-hydrogen) atoms. The van der Waals surface area contributed by atoms with Crippen molar-refractivity contribution < 1.29 is 15.0 Å². The lowest BCUT2D eigenvalue weighted by molar-refractivity contribution is 0.0963. The van der Waals surface area contributed by atoms with Gasteiger partial charge in [-0.3, -0.25) is 4.79 Å². The number of carbonyl (C=O) groups is 1. The number of anilines is 1. The van der Waals surface area contributed by atoms with E-state index in [0.29, 0.717) is 17.1 Å². The minimum absolute atomic E-state index is 0.160. The highest BCUT2D eigenvalue weighted by atomic mass is 35.5. The average molecular weight is 307 g/mol. The SMILES string of the molecule is CNC(=O)c1cc(NCc2ccc(O)c(O)c2)ccc1Cl. The molecular formula is C15H15ClN2O3. The number of phenolic OH excluding ortho intramolecular Hbond substituents is 2. The Kier molecular flexibility index (Phi) is 4.55. The van der Waals surface area contributed by atoms with Crippen molar-refractivity contribution in [3.8, 4) is 11.5 Å². The van der Waals surface area contributed by atoms with Crippen LogP contribution in [0.25, 0.3) is 0 Å². The fraction of sp³-hybridized carbons (Fsp3) is 0.133. The molecule has 6 heteroatoms. The number of amides is 1. The molecule has 0 atom stereocenters. The summed E-state index contributed by atoms with van der Waals surface area (Å²) in [6.07, 6.45) is 0. The zero-order valence-electron chi connectivity index (χ0n) is 11.4. The molecule has 5 nitrogen and oxygen atoms in total. The van der Waals surface area contributed by atoms with Crippen LogP contribution < -0.4 is 10.6 Å².